The Morgan fingerprint density at radius 3 is 2.65 bits per heavy atom. The van der Waals surface area contributed by atoms with E-state index in [-0.39, 0.29) is 5.56 Å². The molecule has 2 bridgehead atoms. The molecule has 2 aliphatic rings. The van der Waals surface area contributed by atoms with E-state index in [9.17, 15) is 9.65 Å². The Morgan fingerprint density at radius 1 is 1.35 bits per heavy atom. The summed E-state index contributed by atoms with van der Waals surface area (Å²) in [5.41, 5.74) is 0.987. The van der Waals surface area contributed by atoms with Crippen LogP contribution in [0.1, 0.15) is 38.2 Å². The molecule has 1 aromatic carbocycles. The average Bonchev–Trinajstić information content (AvgIpc) is 2.70. The van der Waals surface area contributed by atoms with Gasteiger partial charge in [-0.3, -0.25) is 0 Å². The van der Waals surface area contributed by atoms with E-state index in [0.717, 1.165) is 37.9 Å². The molecule has 0 aliphatic carbocycles. The molecule has 4 heteroatoms. The number of anilines is 1. The van der Waals surface area contributed by atoms with Gasteiger partial charge in [-0.2, -0.15) is 5.26 Å². The molecule has 1 aromatic rings. The molecule has 106 valence electrons. The third-order valence-corrected chi connectivity index (χ3v) is 4.61. The van der Waals surface area contributed by atoms with Crippen molar-refractivity contribution in [3.8, 4) is 6.07 Å². The van der Waals surface area contributed by atoms with E-state index in [0.29, 0.717) is 18.1 Å². The molecular formula is C16H20FN3. The van der Waals surface area contributed by atoms with Crippen LogP contribution in [0, 0.1) is 17.1 Å². The number of hydrogen-bond acceptors (Lipinski definition) is 3. The van der Waals surface area contributed by atoms with Crippen LogP contribution in [0.4, 0.5) is 10.1 Å². The fourth-order valence-electron chi connectivity index (χ4n) is 3.86. The highest BCUT2D eigenvalue weighted by atomic mass is 19.1. The molecular weight excluding hydrogens is 253 g/mol. The maximum absolute atomic E-state index is 13.8. The van der Waals surface area contributed by atoms with Crippen molar-refractivity contribution >= 4 is 5.69 Å². The molecule has 0 saturated carbocycles. The number of nitrogens with one attached hydrogen (secondary N) is 1. The summed E-state index contributed by atoms with van der Waals surface area (Å²) in [4.78, 5) is 2.30. The lowest BCUT2D eigenvalue weighted by atomic mass is 9.95. The van der Waals surface area contributed by atoms with Crippen molar-refractivity contribution in [2.75, 3.05) is 11.4 Å². The van der Waals surface area contributed by atoms with Crippen molar-refractivity contribution in [2.24, 2.45) is 0 Å². The molecule has 2 fully saturated rings. The first-order chi connectivity index (χ1) is 9.74. The van der Waals surface area contributed by atoms with Gasteiger partial charge < -0.3 is 10.2 Å². The Kier molecular flexibility index (Phi) is 3.62. The third kappa shape index (κ3) is 2.16. The molecule has 2 saturated heterocycles. The van der Waals surface area contributed by atoms with Crippen molar-refractivity contribution in [2.45, 2.75) is 50.7 Å². The van der Waals surface area contributed by atoms with E-state index in [1.165, 1.54) is 6.07 Å². The Morgan fingerprint density at radius 2 is 2.05 bits per heavy atom. The predicted molar refractivity (Wildman–Crippen MR) is 77.1 cm³/mol. The Balaban J connectivity index is 1.90. The van der Waals surface area contributed by atoms with Crippen molar-refractivity contribution in [1.82, 2.24) is 5.32 Å². The standard InChI is InChI=1S/C16H20FN3/c1-2-19-11-8-12-6-7-13(9-11)20(12)16-5-3-4-15(17)14(16)10-18/h3-5,11-13,19H,2,6-9H2,1H3. The summed E-state index contributed by atoms with van der Waals surface area (Å²) in [6.45, 7) is 3.13. The lowest BCUT2D eigenvalue weighted by molar-refractivity contribution is 0.361. The maximum atomic E-state index is 13.8. The largest absolute Gasteiger partial charge is 0.364 e. The van der Waals surface area contributed by atoms with Gasteiger partial charge in [-0.05, 0) is 44.4 Å². The normalized spacial score (nSPS) is 28.4. The van der Waals surface area contributed by atoms with E-state index in [2.05, 4.69) is 17.1 Å². The van der Waals surface area contributed by atoms with E-state index in [1.807, 2.05) is 12.1 Å². The molecule has 0 spiro atoms. The molecule has 2 atom stereocenters. The summed E-state index contributed by atoms with van der Waals surface area (Å²) in [7, 11) is 0. The van der Waals surface area contributed by atoms with Crippen molar-refractivity contribution < 1.29 is 4.39 Å². The zero-order valence-corrected chi connectivity index (χ0v) is 11.8. The molecule has 20 heavy (non-hydrogen) atoms. The molecule has 1 N–H and O–H groups in total. The van der Waals surface area contributed by atoms with Crippen molar-refractivity contribution in [1.29, 1.82) is 5.26 Å². The lowest BCUT2D eigenvalue weighted by Gasteiger charge is -2.41. The minimum Gasteiger partial charge on any atom is -0.364 e. The van der Waals surface area contributed by atoms with Crippen LogP contribution in [-0.2, 0) is 0 Å². The molecule has 3 rings (SSSR count). The van der Waals surface area contributed by atoms with Crippen LogP contribution in [0.2, 0.25) is 0 Å². The second kappa shape index (κ2) is 5.41. The summed E-state index contributed by atoms with van der Waals surface area (Å²) >= 11 is 0. The van der Waals surface area contributed by atoms with Crippen molar-refractivity contribution in [3.63, 3.8) is 0 Å². The van der Waals surface area contributed by atoms with Crippen LogP contribution in [0.5, 0.6) is 0 Å². The highest BCUT2D eigenvalue weighted by Crippen LogP contribution is 2.40. The third-order valence-electron chi connectivity index (χ3n) is 4.61. The zero-order chi connectivity index (χ0) is 14.1. The minimum atomic E-state index is -0.404. The zero-order valence-electron chi connectivity index (χ0n) is 11.8. The number of piperidine rings is 1. The first-order valence-corrected chi connectivity index (χ1v) is 7.45. The first-order valence-electron chi connectivity index (χ1n) is 7.45. The van der Waals surface area contributed by atoms with Gasteiger partial charge in [0, 0.05) is 18.1 Å². The number of halogens is 1. The van der Waals surface area contributed by atoms with Crippen molar-refractivity contribution in [3.05, 3.63) is 29.6 Å². The fourth-order valence-corrected chi connectivity index (χ4v) is 3.86. The lowest BCUT2D eigenvalue weighted by Crippen LogP contribution is -2.49. The minimum absolute atomic E-state index is 0.200. The molecule has 2 aliphatic heterocycles. The second-order valence-corrected chi connectivity index (χ2v) is 5.76. The fraction of sp³-hybridized carbons (Fsp3) is 0.562. The van der Waals surface area contributed by atoms with Gasteiger partial charge in [0.15, 0.2) is 0 Å². The van der Waals surface area contributed by atoms with Gasteiger partial charge in [0.1, 0.15) is 17.4 Å². The molecule has 0 amide bonds. The van der Waals surface area contributed by atoms with Gasteiger partial charge in [0.2, 0.25) is 0 Å². The monoisotopic (exact) mass is 273 g/mol. The van der Waals surface area contributed by atoms with Crippen LogP contribution < -0.4 is 10.2 Å². The van der Waals surface area contributed by atoms with E-state index in [4.69, 9.17) is 0 Å². The number of fused-ring (bicyclic) bond motifs is 2. The number of nitrogens with zero attached hydrogens (tertiary/aromatic N) is 2. The Bertz CT molecular complexity index is 523. The molecule has 0 radical (unpaired) electrons. The van der Waals surface area contributed by atoms with Crippen LogP contribution in [0.25, 0.3) is 0 Å². The molecule has 3 nitrogen and oxygen atoms in total. The second-order valence-electron chi connectivity index (χ2n) is 5.76. The SMILES string of the molecule is CCNC1CC2CCC(C1)N2c1cccc(F)c1C#N. The molecule has 0 aromatic heterocycles. The summed E-state index contributed by atoms with van der Waals surface area (Å²) < 4.78 is 13.8. The van der Waals surface area contributed by atoms with Crippen LogP contribution >= 0.6 is 0 Å². The summed E-state index contributed by atoms with van der Waals surface area (Å²) in [6, 6.07) is 8.44. The van der Waals surface area contributed by atoms with Gasteiger partial charge in [-0.15, -0.1) is 0 Å². The number of rotatable bonds is 3. The first kappa shape index (κ1) is 13.4. The highest BCUT2D eigenvalue weighted by Gasteiger charge is 2.41. The van der Waals surface area contributed by atoms with Crippen LogP contribution in [0.15, 0.2) is 18.2 Å². The van der Waals surface area contributed by atoms with E-state index >= 15 is 0 Å². The van der Waals surface area contributed by atoms with Gasteiger partial charge in [-0.1, -0.05) is 13.0 Å². The average molecular weight is 273 g/mol. The smallest absolute Gasteiger partial charge is 0.143 e. The quantitative estimate of drug-likeness (QED) is 0.920. The molecule has 2 unspecified atom stereocenters. The Labute approximate surface area is 119 Å². The highest BCUT2D eigenvalue weighted by molar-refractivity contribution is 5.62. The van der Waals surface area contributed by atoms with Crippen LogP contribution in [0.3, 0.4) is 0 Å². The number of benzene rings is 1. The van der Waals surface area contributed by atoms with E-state index in [1.54, 1.807) is 6.07 Å². The van der Waals surface area contributed by atoms with Gasteiger partial charge >= 0.3 is 0 Å². The maximum Gasteiger partial charge on any atom is 0.143 e. The topological polar surface area (TPSA) is 39.1 Å². The predicted octanol–water partition coefficient (Wildman–Crippen LogP) is 2.81. The van der Waals surface area contributed by atoms with Gasteiger partial charge in [0.25, 0.3) is 0 Å². The van der Waals surface area contributed by atoms with Crippen LogP contribution in [-0.4, -0.2) is 24.7 Å². The number of hydrogen-bond donors (Lipinski definition) is 1. The number of nitriles is 1. The summed E-state index contributed by atoms with van der Waals surface area (Å²) in [5, 5.41) is 12.8. The molecule has 2 heterocycles. The van der Waals surface area contributed by atoms with E-state index < -0.39 is 5.82 Å². The Hall–Kier alpha value is -1.60. The summed E-state index contributed by atoms with van der Waals surface area (Å²) in [5.74, 6) is -0.404. The van der Waals surface area contributed by atoms with Gasteiger partial charge in [0.05, 0.1) is 5.69 Å². The van der Waals surface area contributed by atoms with Gasteiger partial charge in [-0.25, -0.2) is 4.39 Å². The summed E-state index contributed by atoms with van der Waals surface area (Å²) in [6.07, 6.45) is 4.47.